The first-order valence-electron chi connectivity index (χ1n) is 6.32. The molecule has 0 atom stereocenters. The minimum Gasteiger partial charge on any atom is -0.319 e. The number of hydrogen-bond acceptors (Lipinski definition) is 2. The summed E-state index contributed by atoms with van der Waals surface area (Å²) in [7, 11) is 0. The second-order valence-corrected chi connectivity index (χ2v) is 5.25. The molecule has 100 valence electrons. The van der Waals surface area contributed by atoms with Crippen molar-refractivity contribution in [3.63, 3.8) is 0 Å². The van der Waals surface area contributed by atoms with E-state index in [1.54, 1.807) is 6.07 Å². The molecule has 1 aliphatic heterocycles. The number of hydrogen-bond donors (Lipinski definition) is 1. The molecular weight excluding hydrogens is 272 g/mol. The lowest BCUT2D eigenvalue weighted by molar-refractivity contribution is -0.110. The van der Waals surface area contributed by atoms with Crippen LogP contribution in [0.25, 0.3) is 0 Å². The van der Waals surface area contributed by atoms with Crippen LogP contribution in [0, 0.1) is 13.8 Å². The van der Waals surface area contributed by atoms with Crippen LogP contribution in [0.4, 0.5) is 11.4 Å². The van der Waals surface area contributed by atoms with Crippen molar-refractivity contribution in [2.24, 2.45) is 4.99 Å². The van der Waals surface area contributed by atoms with Crippen LogP contribution < -0.4 is 5.32 Å². The highest BCUT2D eigenvalue weighted by Crippen LogP contribution is 2.32. The topological polar surface area (TPSA) is 41.5 Å². The number of aliphatic imine (C=N–C) groups is 1. The smallest absolute Gasteiger partial charge is 0.275 e. The average molecular weight is 285 g/mol. The zero-order valence-electron chi connectivity index (χ0n) is 11.2. The summed E-state index contributed by atoms with van der Waals surface area (Å²) in [5, 5.41) is 3.29. The first-order valence-corrected chi connectivity index (χ1v) is 6.70. The Hall–Kier alpha value is -2.13. The summed E-state index contributed by atoms with van der Waals surface area (Å²) >= 11 is 6.08. The van der Waals surface area contributed by atoms with Gasteiger partial charge in [0.05, 0.1) is 16.4 Å². The fraction of sp³-hybridized carbons (Fsp3) is 0.125. The Morgan fingerprint density at radius 1 is 1.10 bits per heavy atom. The van der Waals surface area contributed by atoms with E-state index in [9.17, 15) is 4.79 Å². The monoisotopic (exact) mass is 284 g/mol. The molecule has 0 radical (unpaired) electrons. The number of nitrogens with zero attached hydrogens (tertiary/aromatic N) is 1. The fourth-order valence-electron chi connectivity index (χ4n) is 2.18. The van der Waals surface area contributed by atoms with E-state index in [0.717, 1.165) is 16.8 Å². The Morgan fingerprint density at radius 3 is 2.65 bits per heavy atom. The summed E-state index contributed by atoms with van der Waals surface area (Å²) in [4.78, 5) is 16.5. The molecule has 1 amide bonds. The molecule has 20 heavy (non-hydrogen) atoms. The number of para-hydroxylation sites is 1. The highest BCUT2D eigenvalue weighted by Gasteiger charge is 2.27. The number of fused-ring (bicyclic) bond motifs is 1. The van der Waals surface area contributed by atoms with E-state index in [1.165, 1.54) is 5.56 Å². The number of nitrogens with one attached hydrogen (secondary N) is 1. The summed E-state index contributed by atoms with van der Waals surface area (Å²) < 4.78 is 0. The van der Waals surface area contributed by atoms with Gasteiger partial charge in [-0.2, -0.15) is 0 Å². The molecule has 4 heteroatoms. The SMILES string of the molecule is Cc1ccc(N=C2C(=O)Nc3c(Cl)cccc32)cc1C. The van der Waals surface area contributed by atoms with Crippen LogP contribution in [0.3, 0.4) is 0 Å². The van der Waals surface area contributed by atoms with Crippen LogP contribution in [0.1, 0.15) is 16.7 Å². The van der Waals surface area contributed by atoms with Crippen LogP contribution in [0.15, 0.2) is 41.4 Å². The zero-order chi connectivity index (χ0) is 14.3. The van der Waals surface area contributed by atoms with Gasteiger partial charge in [-0.15, -0.1) is 0 Å². The van der Waals surface area contributed by atoms with Gasteiger partial charge in [-0.05, 0) is 43.2 Å². The third kappa shape index (κ3) is 2.10. The summed E-state index contributed by atoms with van der Waals surface area (Å²) in [6.45, 7) is 4.07. The van der Waals surface area contributed by atoms with E-state index in [2.05, 4.69) is 10.3 Å². The predicted molar refractivity (Wildman–Crippen MR) is 82.2 cm³/mol. The van der Waals surface area contributed by atoms with Gasteiger partial charge in [0.1, 0.15) is 5.71 Å². The van der Waals surface area contributed by atoms with Gasteiger partial charge in [0.15, 0.2) is 0 Å². The maximum Gasteiger partial charge on any atom is 0.275 e. The molecule has 0 fully saturated rings. The van der Waals surface area contributed by atoms with E-state index >= 15 is 0 Å². The molecule has 3 nitrogen and oxygen atoms in total. The van der Waals surface area contributed by atoms with Gasteiger partial charge in [0, 0.05) is 5.56 Å². The minimum atomic E-state index is -0.216. The van der Waals surface area contributed by atoms with Crippen LogP contribution in [0.5, 0.6) is 0 Å². The summed E-state index contributed by atoms with van der Waals surface area (Å²) in [5.74, 6) is -0.216. The molecule has 0 aliphatic carbocycles. The van der Waals surface area contributed by atoms with Crippen molar-refractivity contribution in [2.75, 3.05) is 5.32 Å². The van der Waals surface area contributed by atoms with Gasteiger partial charge in [0.2, 0.25) is 0 Å². The third-order valence-electron chi connectivity index (χ3n) is 3.45. The quantitative estimate of drug-likeness (QED) is 0.844. The molecule has 0 spiro atoms. The first kappa shape index (κ1) is 12.9. The number of aryl methyl sites for hydroxylation is 2. The molecule has 0 bridgehead atoms. The molecule has 1 heterocycles. The standard InChI is InChI=1S/C16H13ClN2O/c1-9-6-7-11(8-10(9)2)18-15-12-4-3-5-13(17)14(12)19-16(15)20/h3-8H,1-2H3,(H,18,19,20). The lowest BCUT2D eigenvalue weighted by Gasteiger charge is -2.02. The van der Waals surface area contributed by atoms with E-state index in [0.29, 0.717) is 16.4 Å². The van der Waals surface area contributed by atoms with E-state index in [-0.39, 0.29) is 5.91 Å². The lowest BCUT2D eigenvalue weighted by atomic mass is 10.1. The van der Waals surface area contributed by atoms with Crippen molar-refractivity contribution in [2.45, 2.75) is 13.8 Å². The van der Waals surface area contributed by atoms with Gasteiger partial charge in [0.25, 0.3) is 5.91 Å². The Balaban J connectivity index is 2.11. The highest BCUT2D eigenvalue weighted by molar-refractivity contribution is 6.55. The number of amides is 1. The number of rotatable bonds is 1. The van der Waals surface area contributed by atoms with Gasteiger partial charge < -0.3 is 5.32 Å². The largest absolute Gasteiger partial charge is 0.319 e. The number of anilines is 1. The molecule has 3 rings (SSSR count). The van der Waals surface area contributed by atoms with Gasteiger partial charge >= 0.3 is 0 Å². The Kier molecular flexibility index (Phi) is 3.07. The second-order valence-electron chi connectivity index (χ2n) is 4.85. The van der Waals surface area contributed by atoms with Crippen molar-refractivity contribution in [3.05, 3.63) is 58.1 Å². The van der Waals surface area contributed by atoms with Crippen molar-refractivity contribution < 1.29 is 4.79 Å². The predicted octanol–water partition coefficient (Wildman–Crippen LogP) is 4.03. The maximum atomic E-state index is 12.0. The Morgan fingerprint density at radius 2 is 1.90 bits per heavy atom. The van der Waals surface area contributed by atoms with Crippen LogP contribution in [-0.2, 0) is 4.79 Å². The normalized spacial score (nSPS) is 15.3. The third-order valence-corrected chi connectivity index (χ3v) is 3.77. The minimum absolute atomic E-state index is 0.216. The zero-order valence-corrected chi connectivity index (χ0v) is 12.0. The molecule has 0 aromatic heterocycles. The summed E-state index contributed by atoms with van der Waals surface area (Å²) in [5.41, 5.74) is 4.92. The number of carbonyl (C=O) groups is 1. The van der Waals surface area contributed by atoms with E-state index in [4.69, 9.17) is 11.6 Å². The van der Waals surface area contributed by atoms with Crippen LogP contribution in [0.2, 0.25) is 5.02 Å². The molecule has 0 saturated carbocycles. The first-order chi connectivity index (χ1) is 9.56. The molecule has 1 N–H and O–H groups in total. The molecule has 2 aromatic carbocycles. The molecule has 2 aromatic rings. The second kappa shape index (κ2) is 4.76. The van der Waals surface area contributed by atoms with Crippen molar-refractivity contribution in [1.29, 1.82) is 0 Å². The molecular formula is C16H13ClN2O. The molecule has 0 saturated heterocycles. The number of halogens is 1. The van der Waals surface area contributed by atoms with Gasteiger partial charge in [-0.1, -0.05) is 29.8 Å². The van der Waals surface area contributed by atoms with Gasteiger partial charge in [-0.3, -0.25) is 4.79 Å². The Bertz CT molecular complexity index is 750. The molecule has 1 aliphatic rings. The summed E-state index contributed by atoms with van der Waals surface area (Å²) in [6.07, 6.45) is 0. The Labute approximate surface area is 122 Å². The highest BCUT2D eigenvalue weighted by atomic mass is 35.5. The van der Waals surface area contributed by atoms with Gasteiger partial charge in [-0.25, -0.2) is 4.99 Å². The van der Waals surface area contributed by atoms with Crippen molar-refractivity contribution in [1.82, 2.24) is 0 Å². The number of benzene rings is 2. The van der Waals surface area contributed by atoms with Crippen molar-refractivity contribution in [3.8, 4) is 0 Å². The van der Waals surface area contributed by atoms with E-state index in [1.807, 2.05) is 44.2 Å². The van der Waals surface area contributed by atoms with Crippen LogP contribution in [-0.4, -0.2) is 11.6 Å². The number of carbonyl (C=O) groups excluding carboxylic acids is 1. The molecule has 0 unspecified atom stereocenters. The van der Waals surface area contributed by atoms with Crippen molar-refractivity contribution >= 4 is 34.6 Å². The lowest BCUT2D eigenvalue weighted by Crippen LogP contribution is -2.13. The fourth-order valence-corrected chi connectivity index (χ4v) is 2.40. The average Bonchev–Trinajstić information content (AvgIpc) is 2.73. The summed E-state index contributed by atoms with van der Waals surface area (Å²) in [6, 6.07) is 11.3. The maximum absolute atomic E-state index is 12.0. The van der Waals surface area contributed by atoms with E-state index < -0.39 is 0 Å². The van der Waals surface area contributed by atoms with Crippen LogP contribution >= 0.6 is 11.6 Å².